The summed E-state index contributed by atoms with van der Waals surface area (Å²) in [5.74, 6) is 0.299. The molecule has 28 heavy (non-hydrogen) atoms. The Balaban J connectivity index is 1.56. The van der Waals surface area contributed by atoms with E-state index in [0.717, 1.165) is 29.0 Å². The Labute approximate surface area is 171 Å². The molecule has 0 bridgehead atoms. The van der Waals surface area contributed by atoms with Crippen LogP contribution in [0.25, 0.3) is 11.4 Å². The number of rotatable bonds is 3. The van der Waals surface area contributed by atoms with Crippen molar-refractivity contribution in [2.24, 2.45) is 0 Å². The number of nitrogens with zero attached hydrogens (tertiary/aromatic N) is 2. The van der Waals surface area contributed by atoms with E-state index in [-0.39, 0.29) is 5.56 Å². The van der Waals surface area contributed by atoms with E-state index in [0.29, 0.717) is 35.6 Å². The van der Waals surface area contributed by atoms with Gasteiger partial charge in [0.15, 0.2) is 0 Å². The van der Waals surface area contributed by atoms with Crippen molar-refractivity contribution in [3.05, 3.63) is 72.2 Å². The zero-order valence-corrected chi connectivity index (χ0v) is 16.9. The zero-order chi connectivity index (χ0) is 19.9. The molecule has 3 heterocycles. The van der Waals surface area contributed by atoms with Crippen LogP contribution < -0.4 is 5.56 Å². The summed E-state index contributed by atoms with van der Waals surface area (Å²) < 4.78 is 39.2. The van der Waals surface area contributed by atoms with E-state index >= 15 is 0 Å². The molecule has 0 amide bonds. The lowest BCUT2D eigenvalue weighted by molar-refractivity contribution is -0.137. The Morgan fingerprint density at radius 2 is 1.93 bits per heavy atom. The monoisotopic (exact) mass is 469 g/mol. The third-order valence-electron chi connectivity index (χ3n) is 4.64. The normalized spacial score (nSPS) is 14.9. The van der Waals surface area contributed by atoms with Crippen LogP contribution in [0.15, 0.2) is 45.0 Å². The first-order valence-electron chi connectivity index (χ1n) is 8.56. The first-order valence-corrected chi connectivity index (χ1v) is 10.2. The zero-order valence-electron chi connectivity index (χ0n) is 14.5. The molecule has 0 fully saturated rings. The summed E-state index contributed by atoms with van der Waals surface area (Å²) in [4.78, 5) is 23.2. The minimum absolute atomic E-state index is 0.239. The van der Waals surface area contributed by atoms with Gasteiger partial charge in [0.25, 0.3) is 5.56 Å². The molecule has 1 N–H and O–H groups in total. The van der Waals surface area contributed by atoms with Crippen LogP contribution in [-0.2, 0) is 25.7 Å². The first-order chi connectivity index (χ1) is 13.3. The summed E-state index contributed by atoms with van der Waals surface area (Å²) >= 11 is 5.12. The molecule has 3 aromatic rings. The number of aromatic nitrogens is 2. The summed E-state index contributed by atoms with van der Waals surface area (Å²) in [5, 5.41) is 0. The molecule has 0 aliphatic carbocycles. The quantitative estimate of drug-likeness (QED) is 0.596. The predicted molar refractivity (Wildman–Crippen MR) is 105 cm³/mol. The molecule has 0 radical (unpaired) electrons. The Hall–Kier alpha value is -1.97. The minimum Gasteiger partial charge on any atom is -0.306 e. The Bertz CT molecular complexity index is 1060. The van der Waals surface area contributed by atoms with Gasteiger partial charge < -0.3 is 4.98 Å². The highest BCUT2D eigenvalue weighted by molar-refractivity contribution is 9.11. The maximum absolute atomic E-state index is 12.7. The summed E-state index contributed by atoms with van der Waals surface area (Å²) in [7, 11) is 0. The van der Waals surface area contributed by atoms with Crippen molar-refractivity contribution < 1.29 is 13.2 Å². The van der Waals surface area contributed by atoms with Gasteiger partial charge in [0.2, 0.25) is 0 Å². The molecule has 1 aliphatic heterocycles. The summed E-state index contributed by atoms with van der Waals surface area (Å²) in [6.07, 6.45) is -3.77. The average Bonchev–Trinajstić information content (AvgIpc) is 3.06. The fourth-order valence-corrected chi connectivity index (χ4v) is 4.75. The molecule has 2 aromatic heterocycles. The van der Waals surface area contributed by atoms with Crippen LogP contribution in [0.5, 0.6) is 0 Å². The lowest BCUT2D eigenvalue weighted by atomic mass is 10.1. The second kappa shape index (κ2) is 7.46. The van der Waals surface area contributed by atoms with Crippen LogP contribution in [-0.4, -0.2) is 21.4 Å². The highest BCUT2D eigenvalue weighted by Crippen LogP contribution is 2.30. The Morgan fingerprint density at radius 3 is 2.57 bits per heavy atom. The second-order valence-electron chi connectivity index (χ2n) is 6.58. The molecule has 0 unspecified atom stereocenters. The number of thiophene rings is 1. The molecule has 146 valence electrons. The first kappa shape index (κ1) is 19.4. The Kier molecular flexibility index (Phi) is 5.15. The number of hydrogen-bond acceptors (Lipinski definition) is 4. The molecule has 1 aromatic carbocycles. The smallest absolute Gasteiger partial charge is 0.306 e. The number of fused-ring (bicyclic) bond motifs is 1. The van der Waals surface area contributed by atoms with E-state index in [1.165, 1.54) is 17.0 Å². The number of nitrogens with one attached hydrogen (secondary N) is 1. The van der Waals surface area contributed by atoms with Crippen molar-refractivity contribution in [2.75, 3.05) is 6.54 Å². The SMILES string of the molecule is O=c1[nH]c(-c2ccc(C(F)(F)F)cc2)nc2c1CN(Cc1ccc(Br)s1)CC2. The molecular formula is C19H15BrF3N3OS. The molecule has 0 atom stereocenters. The average molecular weight is 470 g/mol. The van der Waals surface area contributed by atoms with E-state index in [4.69, 9.17) is 0 Å². The van der Waals surface area contributed by atoms with Gasteiger partial charge in [-0.2, -0.15) is 13.2 Å². The number of alkyl halides is 3. The summed E-state index contributed by atoms with van der Waals surface area (Å²) in [6, 6.07) is 8.71. The number of halogens is 4. The Morgan fingerprint density at radius 1 is 1.18 bits per heavy atom. The van der Waals surface area contributed by atoms with Gasteiger partial charge in [-0.3, -0.25) is 9.69 Å². The molecule has 4 nitrogen and oxygen atoms in total. The lowest BCUT2D eigenvalue weighted by Crippen LogP contribution is -2.35. The van der Waals surface area contributed by atoms with Gasteiger partial charge in [-0.15, -0.1) is 11.3 Å². The van der Waals surface area contributed by atoms with Gasteiger partial charge in [0.1, 0.15) is 5.82 Å². The van der Waals surface area contributed by atoms with Gasteiger partial charge in [0, 0.05) is 36.5 Å². The fraction of sp³-hybridized carbons (Fsp3) is 0.263. The molecular weight excluding hydrogens is 455 g/mol. The van der Waals surface area contributed by atoms with Crippen molar-refractivity contribution in [3.8, 4) is 11.4 Å². The van der Waals surface area contributed by atoms with E-state index < -0.39 is 11.7 Å². The van der Waals surface area contributed by atoms with Crippen LogP contribution in [0.3, 0.4) is 0 Å². The van der Waals surface area contributed by atoms with Crippen LogP contribution >= 0.6 is 27.3 Å². The standard InChI is InChI=1S/C19H15BrF3N3OS/c20-16-6-5-13(28-16)9-26-8-7-15-14(10-26)18(27)25-17(24-15)11-1-3-12(4-2-11)19(21,22)23/h1-6H,7-10H2,(H,24,25,27). The maximum Gasteiger partial charge on any atom is 0.416 e. The van der Waals surface area contributed by atoms with E-state index in [1.807, 2.05) is 6.07 Å². The minimum atomic E-state index is -4.39. The number of hydrogen-bond donors (Lipinski definition) is 1. The number of benzene rings is 1. The van der Waals surface area contributed by atoms with Crippen molar-refractivity contribution in [3.63, 3.8) is 0 Å². The van der Waals surface area contributed by atoms with Gasteiger partial charge in [0.05, 0.1) is 20.6 Å². The summed E-state index contributed by atoms with van der Waals surface area (Å²) in [6.45, 7) is 2.03. The maximum atomic E-state index is 12.7. The van der Waals surface area contributed by atoms with E-state index in [1.54, 1.807) is 11.3 Å². The van der Waals surface area contributed by atoms with E-state index in [9.17, 15) is 18.0 Å². The number of H-pyrrole nitrogens is 1. The topological polar surface area (TPSA) is 49.0 Å². The molecule has 0 spiro atoms. The van der Waals surface area contributed by atoms with Gasteiger partial charge >= 0.3 is 6.18 Å². The van der Waals surface area contributed by atoms with Crippen LogP contribution in [0.4, 0.5) is 13.2 Å². The van der Waals surface area contributed by atoms with Crippen LogP contribution in [0.2, 0.25) is 0 Å². The van der Waals surface area contributed by atoms with Crippen molar-refractivity contribution in [2.45, 2.75) is 25.7 Å². The van der Waals surface area contributed by atoms with Gasteiger partial charge in [-0.1, -0.05) is 12.1 Å². The third kappa shape index (κ3) is 4.06. The molecule has 9 heteroatoms. The predicted octanol–water partition coefficient (Wildman–Crippen LogP) is 4.84. The van der Waals surface area contributed by atoms with Crippen LogP contribution in [0.1, 0.15) is 21.7 Å². The van der Waals surface area contributed by atoms with Gasteiger partial charge in [-0.25, -0.2) is 4.98 Å². The van der Waals surface area contributed by atoms with E-state index in [2.05, 4.69) is 36.9 Å². The van der Waals surface area contributed by atoms with Gasteiger partial charge in [-0.05, 0) is 40.2 Å². The molecule has 1 aliphatic rings. The van der Waals surface area contributed by atoms with Crippen molar-refractivity contribution in [1.82, 2.24) is 14.9 Å². The lowest BCUT2D eigenvalue weighted by Gasteiger charge is -2.27. The third-order valence-corrected chi connectivity index (χ3v) is 6.25. The second-order valence-corrected chi connectivity index (χ2v) is 9.13. The highest BCUT2D eigenvalue weighted by Gasteiger charge is 2.30. The van der Waals surface area contributed by atoms with Crippen molar-refractivity contribution in [1.29, 1.82) is 0 Å². The fourth-order valence-electron chi connectivity index (χ4n) is 3.23. The molecule has 0 saturated heterocycles. The summed E-state index contributed by atoms with van der Waals surface area (Å²) in [5.41, 5.74) is 0.822. The van der Waals surface area contributed by atoms with Crippen LogP contribution in [0, 0.1) is 0 Å². The highest BCUT2D eigenvalue weighted by atomic mass is 79.9. The number of aromatic amines is 1. The molecule has 0 saturated carbocycles. The molecule has 4 rings (SSSR count). The van der Waals surface area contributed by atoms with Crippen molar-refractivity contribution >= 4 is 27.3 Å². The largest absolute Gasteiger partial charge is 0.416 e.